The molecule has 66 valence electrons. The van der Waals surface area contributed by atoms with Gasteiger partial charge in [-0.2, -0.15) is 0 Å². The van der Waals surface area contributed by atoms with Crippen molar-refractivity contribution in [3.05, 3.63) is 0 Å². The van der Waals surface area contributed by atoms with E-state index >= 15 is 0 Å². The van der Waals surface area contributed by atoms with Gasteiger partial charge in [0.05, 0.1) is 6.10 Å². The van der Waals surface area contributed by atoms with Crippen molar-refractivity contribution < 1.29 is 4.74 Å². The Morgan fingerprint density at radius 2 is 2.27 bits per heavy atom. The van der Waals surface area contributed by atoms with Crippen LogP contribution in [0.4, 0.5) is 0 Å². The van der Waals surface area contributed by atoms with Crippen molar-refractivity contribution in [2.45, 2.75) is 44.8 Å². The molecular weight excluding hydrogens is 138 g/mol. The van der Waals surface area contributed by atoms with E-state index in [1.165, 1.54) is 19.3 Å². The largest absolute Gasteiger partial charge is 0.378 e. The number of ether oxygens (including phenoxy) is 1. The van der Waals surface area contributed by atoms with Gasteiger partial charge in [-0.1, -0.05) is 0 Å². The normalized spacial score (nSPS) is 21.3. The molecule has 1 aliphatic rings. The molecule has 0 spiro atoms. The van der Waals surface area contributed by atoms with Crippen LogP contribution in [-0.2, 0) is 4.74 Å². The number of hydrogen-bond acceptors (Lipinski definition) is 2. The first-order valence-corrected chi connectivity index (χ1v) is 4.62. The maximum atomic E-state index is 5.61. The predicted molar refractivity (Wildman–Crippen MR) is 46.7 cm³/mol. The number of nitrogens with one attached hydrogen (secondary N) is 1. The molecule has 1 fully saturated rings. The Hall–Kier alpha value is -0.0800. The molecule has 0 aliphatic heterocycles. The molecule has 0 radical (unpaired) electrons. The maximum absolute atomic E-state index is 5.61. The first kappa shape index (κ1) is 9.01. The fourth-order valence-electron chi connectivity index (χ4n) is 1.09. The molecule has 0 bridgehead atoms. The van der Waals surface area contributed by atoms with E-state index in [9.17, 15) is 0 Å². The van der Waals surface area contributed by atoms with Crippen molar-refractivity contribution in [3.63, 3.8) is 0 Å². The molecule has 2 heteroatoms. The van der Waals surface area contributed by atoms with Crippen molar-refractivity contribution in [1.82, 2.24) is 5.32 Å². The van der Waals surface area contributed by atoms with Crippen LogP contribution in [0.5, 0.6) is 0 Å². The predicted octanol–water partition coefficient (Wildman–Crippen LogP) is 1.55. The minimum absolute atomic E-state index is 0.593. The second-order valence-electron chi connectivity index (χ2n) is 3.40. The summed E-state index contributed by atoms with van der Waals surface area (Å²) in [5.74, 6) is 0. The van der Waals surface area contributed by atoms with Crippen molar-refractivity contribution in [2.75, 3.05) is 13.7 Å². The SMILES string of the molecule is CNC(C)CCOC1CCC1. The highest BCUT2D eigenvalue weighted by atomic mass is 16.5. The zero-order valence-corrected chi connectivity index (χ0v) is 7.60. The lowest BCUT2D eigenvalue weighted by Crippen LogP contribution is -2.26. The zero-order valence-electron chi connectivity index (χ0n) is 7.60. The van der Waals surface area contributed by atoms with Crippen LogP contribution < -0.4 is 5.32 Å². The van der Waals surface area contributed by atoms with Gasteiger partial charge in [0, 0.05) is 12.6 Å². The number of rotatable bonds is 5. The fraction of sp³-hybridized carbons (Fsp3) is 1.00. The highest BCUT2D eigenvalue weighted by Crippen LogP contribution is 2.21. The smallest absolute Gasteiger partial charge is 0.0575 e. The Morgan fingerprint density at radius 1 is 1.55 bits per heavy atom. The van der Waals surface area contributed by atoms with Crippen LogP contribution in [0.3, 0.4) is 0 Å². The maximum Gasteiger partial charge on any atom is 0.0575 e. The van der Waals surface area contributed by atoms with Gasteiger partial charge in [-0.05, 0) is 39.7 Å². The molecule has 0 aromatic heterocycles. The van der Waals surface area contributed by atoms with Crippen LogP contribution >= 0.6 is 0 Å². The monoisotopic (exact) mass is 157 g/mol. The molecule has 0 aromatic rings. The lowest BCUT2D eigenvalue weighted by molar-refractivity contribution is -0.000913. The van der Waals surface area contributed by atoms with E-state index in [-0.39, 0.29) is 0 Å². The van der Waals surface area contributed by atoms with Gasteiger partial charge < -0.3 is 10.1 Å². The molecular formula is C9H19NO. The summed E-state index contributed by atoms with van der Waals surface area (Å²) in [6.45, 7) is 3.11. The Bertz CT molecular complexity index is 97.0. The van der Waals surface area contributed by atoms with E-state index in [1.54, 1.807) is 0 Å². The van der Waals surface area contributed by atoms with Crippen molar-refractivity contribution in [3.8, 4) is 0 Å². The molecule has 1 saturated carbocycles. The van der Waals surface area contributed by atoms with Crippen LogP contribution in [0.25, 0.3) is 0 Å². The molecule has 0 heterocycles. The summed E-state index contributed by atoms with van der Waals surface area (Å²) in [5.41, 5.74) is 0. The van der Waals surface area contributed by atoms with Crippen LogP contribution in [0.2, 0.25) is 0 Å². The standard InChI is InChI=1S/C9H19NO/c1-8(10-2)6-7-11-9-4-3-5-9/h8-10H,3-7H2,1-2H3. The lowest BCUT2D eigenvalue weighted by atomic mass is 9.96. The summed E-state index contributed by atoms with van der Waals surface area (Å²) < 4.78 is 5.61. The highest BCUT2D eigenvalue weighted by Gasteiger charge is 2.17. The Morgan fingerprint density at radius 3 is 2.73 bits per heavy atom. The van der Waals surface area contributed by atoms with Crippen molar-refractivity contribution in [1.29, 1.82) is 0 Å². The van der Waals surface area contributed by atoms with Crippen LogP contribution in [-0.4, -0.2) is 25.8 Å². The average Bonchev–Trinajstić information content (AvgIpc) is 1.94. The molecule has 1 N–H and O–H groups in total. The second-order valence-corrected chi connectivity index (χ2v) is 3.40. The summed E-state index contributed by atoms with van der Waals surface area (Å²) in [6, 6.07) is 0.593. The third-order valence-electron chi connectivity index (χ3n) is 2.45. The summed E-state index contributed by atoms with van der Waals surface area (Å²) in [5, 5.41) is 3.19. The quantitative estimate of drug-likeness (QED) is 0.654. The van der Waals surface area contributed by atoms with Crippen LogP contribution in [0.15, 0.2) is 0 Å². The molecule has 2 nitrogen and oxygen atoms in total. The Labute approximate surface area is 69.3 Å². The van der Waals surface area contributed by atoms with Gasteiger partial charge >= 0.3 is 0 Å². The van der Waals surface area contributed by atoms with Gasteiger partial charge in [0.25, 0.3) is 0 Å². The van der Waals surface area contributed by atoms with E-state index in [1.807, 2.05) is 7.05 Å². The first-order valence-electron chi connectivity index (χ1n) is 4.62. The van der Waals surface area contributed by atoms with Gasteiger partial charge in [0.15, 0.2) is 0 Å². The molecule has 0 aromatic carbocycles. The molecule has 11 heavy (non-hydrogen) atoms. The Balaban J connectivity index is 1.86. The summed E-state index contributed by atoms with van der Waals surface area (Å²) >= 11 is 0. The van der Waals surface area contributed by atoms with Crippen molar-refractivity contribution >= 4 is 0 Å². The van der Waals surface area contributed by atoms with Crippen LogP contribution in [0.1, 0.15) is 32.6 Å². The van der Waals surface area contributed by atoms with E-state index in [0.717, 1.165) is 13.0 Å². The third kappa shape index (κ3) is 3.21. The lowest BCUT2D eigenvalue weighted by Gasteiger charge is -2.26. The third-order valence-corrected chi connectivity index (χ3v) is 2.45. The van der Waals surface area contributed by atoms with Gasteiger partial charge in [0.2, 0.25) is 0 Å². The molecule has 0 saturated heterocycles. The minimum atomic E-state index is 0.593. The highest BCUT2D eigenvalue weighted by molar-refractivity contribution is 4.69. The fourth-order valence-corrected chi connectivity index (χ4v) is 1.09. The first-order chi connectivity index (χ1) is 5.33. The molecule has 1 atom stereocenters. The molecule has 1 unspecified atom stereocenters. The van der Waals surface area contributed by atoms with E-state index in [0.29, 0.717) is 12.1 Å². The van der Waals surface area contributed by atoms with Gasteiger partial charge in [0.1, 0.15) is 0 Å². The average molecular weight is 157 g/mol. The van der Waals surface area contributed by atoms with E-state index < -0.39 is 0 Å². The summed E-state index contributed by atoms with van der Waals surface area (Å²) in [4.78, 5) is 0. The summed E-state index contributed by atoms with van der Waals surface area (Å²) in [6.07, 6.45) is 5.67. The van der Waals surface area contributed by atoms with Crippen LogP contribution in [0, 0.1) is 0 Å². The van der Waals surface area contributed by atoms with E-state index in [2.05, 4.69) is 12.2 Å². The van der Waals surface area contributed by atoms with Crippen molar-refractivity contribution in [2.24, 2.45) is 0 Å². The van der Waals surface area contributed by atoms with Gasteiger partial charge in [-0.15, -0.1) is 0 Å². The topological polar surface area (TPSA) is 21.3 Å². The Kier molecular flexibility index (Phi) is 3.87. The molecule has 1 rings (SSSR count). The van der Waals surface area contributed by atoms with Gasteiger partial charge in [-0.25, -0.2) is 0 Å². The number of hydrogen-bond donors (Lipinski definition) is 1. The second kappa shape index (κ2) is 4.73. The molecule has 1 aliphatic carbocycles. The minimum Gasteiger partial charge on any atom is -0.378 e. The molecule has 0 amide bonds. The van der Waals surface area contributed by atoms with E-state index in [4.69, 9.17) is 4.74 Å². The zero-order chi connectivity index (χ0) is 8.10. The van der Waals surface area contributed by atoms with Gasteiger partial charge in [-0.3, -0.25) is 0 Å². The summed E-state index contributed by atoms with van der Waals surface area (Å²) in [7, 11) is 1.99.